The highest BCUT2D eigenvalue weighted by molar-refractivity contribution is 5.89. The van der Waals surface area contributed by atoms with Crippen molar-refractivity contribution in [2.75, 3.05) is 0 Å². The number of carbonyl (C=O) groups is 1. The van der Waals surface area contributed by atoms with Crippen LogP contribution in [0.15, 0.2) is 18.2 Å². The molecule has 0 aromatic heterocycles. The molecule has 0 aliphatic rings. The molecular weight excluding hydrogens is 324 g/mol. The lowest BCUT2D eigenvalue weighted by Crippen LogP contribution is -2.10. The van der Waals surface area contributed by atoms with Crippen molar-refractivity contribution < 1.29 is 15.0 Å². The highest BCUT2D eigenvalue weighted by Gasteiger charge is 2.16. The van der Waals surface area contributed by atoms with Gasteiger partial charge in [0.1, 0.15) is 5.75 Å². The highest BCUT2D eigenvalue weighted by atomic mass is 16.4. The molecule has 0 radical (unpaired) electrons. The van der Waals surface area contributed by atoms with E-state index in [0.29, 0.717) is 11.5 Å². The van der Waals surface area contributed by atoms with Crippen molar-refractivity contribution >= 4 is 5.97 Å². The summed E-state index contributed by atoms with van der Waals surface area (Å²) in [5, 5.41) is 19.1. The van der Waals surface area contributed by atoms with E-state index in [1.54, 1.807) is 6.07 Å². The molecule has 1 aromatic carbocycles. The van der Waals surface area contributed by atoms with Crippen molar-refractivity contribution in [2.45, 2.75) is 97.3 Å². The molecule has 0 saturated carbocycles. The predicted octanol–water partition coefficient (Wildman–Crippen LogP) is 6.97. The van der Waals surface area contributed by atoms with Gasteiger partial charge < -0.3 is 10.2 Å². The summed E-state index contributed by atoms with van der Waals surface area (Å²) in [5.74, 6) is -0.234. The third kappa shape index (κ3) is 9.26. The summed E-state index contributed by atoms with van der Waals surface area (Å²) < 4.78 is 0. The molecule has 0 aliphatic heterocycles. The van der Waals surface area contributed by atoms with Crippen molar-refractivity contribution in [1.82, 2.24) is 0 Å². The zero-order chi connectivity index (χ0) is 19.2. The first-order valence-corrected chi connectivity index (χ1v) is 10.6. The Morgan fingerprint density at radius 3 is 2.08 bits per heavy atom. The molecule has 0 heterocycles. The number of benzene rings is 1. The molecule has 0 amide bonds. The number of hydrogen-bond donors (Lipinski definition) is 2. The molecule has 2 N–H and O–H groups in total. The van der Waals surface area contributed by atoms with Crippen LogP contribution in [0.5, 0.6) is 5.75 Å². The zero-order valence-corrected chi connectivity index (χ0v) is 16.8. The van der Waals surface area contributed by atoms with E-state index in [1.165, 1.54) is 76.3 Å². The molecule has 1 atom stereocenters. The second-order valence-corrected chi connectivity index (χ2v) is 7.62. The molecule has 0 aliphatic carbocycles. The van der Waals surface area contributed by atoms with Crippen molar-refractivity contribution in [3.05, 3.63) is 29.3 Å². The van der Waals surface area contributed by atoms with E-state index < -0.39 is 5.97 Å². The van der Waals surface area contributed by atoms with Crippen molar-refractivity contribution in [2.24, 2.45) is 5.92 Å². The van der Waals surface area contributed by atoms with Crippen LogP contribution in [-0.4, -0.2) is 16.2 Å². The maximum atomic E-state index is 11.5. The first-order chi connectivity index (χ1) is 12.6. The molecule has 26 heavy (non-hydrogen) atoms. The van der Waals surface area contributed by atoms with Crippen LogP contribution >= 0.6 is 0 Å². The van der Waals surface area contributed by atoms with Crippen LogP contribution < -0.4 is 0 Å². The Bertz CT molecular complexity index is 510. The first-order valence-electron chi connectivity index (χ1n) is 10.6. The highest BCUT2D eigenvalue weighted by Crippen LogP contribution is 2.26. The summed E-state index contributed by atoms with van der Waals surface area (Å²) >= 11 is 0. The predicted molar refractivity (Wildman–Crippen MR) is 109 cm³/mol. The average molecular weight is 363 g/mol. The number of carboxylic acids is 1. The van der Waals surface area contributed by atoms with Gasteiger partial charge in [0.05, 0.1) is 5.56 Å². The number of hydrogen-bond acceptors (Lipinski definition) is 2. The van der Waals surface area contributed by atoms with Gasteiger partial charge in [-0.25, -0.2) is 4.79 Å². The van der Waals surface area contributed by atoms with Crippen LogP contribution in [-0.2, 0) is 6.42 Å². The second kappa shape index (κ2) is 13.7. The van der Waals surface area contributed by atoms with Crippen molar-refractivity contribution in [3.63, 3.8) is 0 Å². The molecule has 1 unspecified atom stereocenters. The van der Waals surface area contributed by atoms with Crippen LogP contribution in [0.25, 0.3) is 0 Å². The van der Waals surface area contributed by atoms with E-state index in [2.05, 4.69) is 13.8 Å². The number of phenolic OH excluding ortho intramolecular Hbond substituents is 1. The third-order valence-electron chi connectivity index (χ3n) is 5.26. The Kier molecular flexibility index (Phi) is 11.8. The number of unbranched alkanes of at least 4 members (excludes halogenated alkanes) is 8. The number of carboxylic acid groups (broad SMARTS) is 1. The van der Waals surface area contributed by atoms with Crippen LogP contribution in [0.2, 0.25) is 0 Å². The molecule has 1 aromatic rings. The Morgan fingerprint density at radius 1 is 0.885 bits per heavy atom. The van der Waals surface area contributed by atoms with E-state index in [9.17, 15) is 15.0 Å². The molecule has 3 heteroatoms. The topological polar surface area (TPSA) is 57.5 Å². The Labute approximate surface area is 159 Å². The summed E-state index contributed by atoms with van der Waals surface area (Å²) in [6, 6.07) is 4.63. The van der Waals surface area contributed by atoms with E-state index in [4.69, 9.17) is 0 Å². The van der Waals surface area contributed by atoms with Gasteiger partial charge in [-0.2, -0.15) is 0 Å². The Morgan fingerprint density at radius 2 is 1.46 bits per heavy atom. The van der Waals surface area contributed by atoms with Gasteiger partial charge >= 0.3 is 5.97 Å². The molecule has 0 saturated heterocycles. The normalized spacial score (nSPS) is 12.2. The van der Waals surface area contributed by atoms with Gasteiger partial charge in [-0.15, -0.1) is 0 Å². The van der Waals surface area contributed by atoms with E-state index in [0.717, 1.165) is 24.8 Å². The van der Waals surface area contributed by atoms with Gasteiger partial charge in [0, 0.05) is 0 Å². The van der Waals surface area contributed by atoms with E-state index in [-0.39, 0.29) is 5.75 Å². The Balaban J connectivity index is 2.49. The SMILES string of the molecule is CCCCCCCCCCC(CCCC)Cc1cc(O)ccc1C(=O)O. The molecule has 0 spiro atoms. The van der Waals surface area contributed by atoms with E-state index >= 15 is 0 Å². The van der Waals surface area contributed by atoms with E-state index in [1.807, 2.05) is 0 Å². The smallest absolute Gasteiger partial charge is 0.335 e. The molecule has 0 fully saturated rings. The monoisotopic (exact) mass is 362 g/mol. The second-order valence-electron chi connectivity index (χ2n) is 7.62. The number of rotatable bonds is 15. The van der Waals surface area contributed by atoms with Crippen LogP contribution in [0.4, 0.5) is 0 Å². The fourth-order valence-corrected chi connectivity index (χ4v) is 3.68. The lowest BCUT2D eigenvalue weighted by atomic mass is 9.87. The quantitative estimate of drug-likeness (QED) is 0.331. The van der Waals surface area contributed by atoms with Crippen LogP contribution in [0.3, 0.4) is 0 Å². The van der Waals surface area contributed by atoms with Gasteiger partial charge in [-0.05, 0) is 36.1 Å². The van der Waals surface area contributed by atoms with Crippen LogP contribution in [0.1, 0.15) is 107 Å². The summed E-state index contributed by atoms with van der Waals surface area (Å²) in [6.45, 7) is 4.45. The molecule has 3 nitrogen and oxygen atoms in total. The molecule has 1 rings (SSSR count). The lowest BCUT2D eigenvalue weighted by molar-refractivity contribution is 0.0695. The summed E-state index contributed by atoms with van der Waals surface area (Å²) in [4.78, 5) is 11.5. The largest absolute Gasteiger partial charge is 0.508 e. The average Bonchev–Trinajstić information content (AvgIpc) is 2.61. The van der Waals surface area contributed by atoms with Crippen LogP contribution in [0, 0.1) is 5.92 Å². The fourth-order valence-electron chi connectivity index (χ4n) is 3.68. The lowest BCUT2D eigenvalue weighted by Gasteiger charge is -2.18. The summed E-state index contributed by atoms with van der Waals surface area (Å²) in [6.07, 6.45) is 15.9. The first kappa shape index (κ1) is 22.5. The maximum absolute atomic E-state index is 11.5. The Hall–Kier alpha value is -1.51. The minimum Gasteiger partial charge on any atom is -0.508 e. The van der Waals surface area contributed by atoms with Crippen molar-refractivity contribution in [3.8, 4) is 5.75 Å². The molecule has 0 bridgehead atoms. The minimum atomic E-state index is -0.902. The molecular formula is C23H38O3. The summed E-state index contributed by atoms with van der Waals surface area (Å²) in [7, 11) is 0. The summed E-state index contributed by atoms with van der Waals surface area (Å²) in [5.41, 5.74) is 1.11. The fraction of sp³-hybridized carbons (Fsp3) is 0.696. The zero-order valence-electron chi connectivity index (χ0n) is 16.8. The number of aromatic hydroxyl groups is 1. The standard InChI is InChI=1S/C23H38O3/c1-3-5-7-8-9-10-11-12-14-19(13-6-4-2)17-20-18-21(24)15-16-22(20)23(25)26/h15-16,18-19,24H,3-14,17H2,1-2H3,(H,25,26). The van der Waals surface area contributed by atoms with Gasteiger partial charge in [0.15, 0.2) is 0 Å². The van der Waals surface area contributed by atoms with Gasteiger partial charge in [-0.3, -0.25) is 0 Å². The minimum absolute atomic E-state index is 0.159. The maximum Gasteiger partial charge on any atom is 0.335 e. The van der Waals surface area contributed by atoms with Crippen molar-refractivity contribution in [1.29, 1.82) is 0 Å². The molecule has 148 valence electrons. The van der Waals surface area contributed by atoms with Gasteiger partial charge in [0.25, 0.3) is 0 Å². The number of aromatic carboxylic acids is 1. The number of phenols is 1. The third-order valence-corrected chi connectivity index (χ3v) is 5.26. The van der Waals surface area contributed by atoms with Gasteiger partial charge in [-0.1, -0.05) is 90.9 Å². The van der Waals surface area contributed by atoms with Gasteiger partial charge in [0.2, 0.25) is 0 Å².